The third kappa shape index (κ3) is 2.35. The average Bonchev–Trinajstić information content (AvgIpc) is 2.93. The predicted octanol–water partition coefficient (Wildman–Crippen LogP) is 3.16. The van der Waals surface area contributed by atoms with Gasteiger partial charge >= 0.3 is 0 Å². The van der Waals surface area contributed by atoms with E-state index in [0.717, 1.165) is 22.5 Å². The lowest BCUT2D eigenvalue weighted by Crippen LogP contribution is -2.39. The second-order valence-corrected chi connectivity index (χ2v) is 6.19. The first-order valence-corrected chi connectivity index (χ1v) is 7.94. The van der Waals surface area contributed by atoms with Crippen LogP contribution in [0.4, 0.5) is 4.39 Å². The molecule has 0 saturated carbocycles. The van der Waals surface area contributed by atoms with Crippen LogP contribution in [0, 0.1) is 12.7 Å². The fourth-order valence-corrected chi connectivity index (χ4v) is 3.38. The summed E-state index contributed by atoms with van der Waals surface area (Å²) in [4.78, 5) is 26.3. The molecule has 1 atom stereocenters. The van der Waals surface area contributed by atoms with E-state index in [1.165, 1.54) is 6.07 Å². The number of nitrogens with zero attached hydrogens (tertiary/aromatic N) is 3. The van der Waals surface area contributed by atoms with Crippen LogP contribution in [0.25, 0.3) is 11.2 Å². The van der Waals surface area contributed by atoms with Gasteiger partial charge in [0.15, 0.2) is 5.65 Å². The van der Waals surface area contributed by atoms with E-state index in [0.29, 0.717) is 24.2 Å². The van der Waals surface area contributed by atoms with Crippen LogP contribution in [0.15, 0.2) is 30.5 Å². The van der Waals surface area contributed by atoms with Gasteiger partial charge in [0.1, 0.15) is 11.6 Å². The lowest BCUT2D eigenvalue weighted by molar-refractivity contribution is 0.0677. The number of benzene rings is 1. The number of carbonyl (C=O) groups excluding carboxylic acids is 1. The molecule has 3 aromatic rings. The van der Waals surface area contributed by atoms with Crippen LogP contribution >= 0.6 is 0 Å². The van der Waals surface area contributed by atoms with Crippen LogP contribution in [0.5, 0.6) is 0 Å². The minimum atomic E-state index is -0.231. The molecule has 24 heavy (non-hydrogen) atoms. The van der Waals surface area contributed by atoms with Gasteiger partial charge < -0.3 is 9.88 Å². The molecule has 4 rings (SSSR count). The minimum Gasteiger partial charge on any atom is -0.341 e. The Kier molecular flexibility index (Phi) is 3.33. The molecular formula is C18H17FN4O. The zero-order valence-electron chi connectivity index (χ0n) is 13.5. The fraction of sp³-hybridized carbons (Fsp3) is 0.278. The number of imidazole rings is 1. The van der Waals surface area contributed by atoms with Crippen LogP contribution in [0.1, 0.15) is 40.3 Å². The van der Waals surface area contributed by atoms with Crippen molar-refractivity contribution >= 4 is 17.1 Å². The number of aromatic nitrogens is 3. The Morgan fingerprint density at radius 1 is 1.38 bits per heavy atom. The minimum absolute atomic E-state index is 0.0703. The molecule has 122 valence electrons. The molecule has 0 fully saturated rings. The number of hydrogen-bond acceptors (Lipinski definition) is 3. The SMILES string of the molecule is Cc1nc2ncc(C(=O)N3CCc4cc(F)ccc4[C@@H]3C)cc2[nH]1. The molecule has 0 radical (unpaired) electrons. The molecule has 0 saturated heterocycles. The van der Waals surface area contributed by atoms with Crippen molar-refractivity contribution in [1.29, 1.82) is 0 Å². The van der Waals surface area contributed by atoms with E-state index in [1.807, 2.05) is 18.7 Å². The van der Waals surface area contributed by atoms with Crippen LogP contribution in [-0.2, 0) is 6.42 Å². The van der Waals surface area contributed by atoms with Crippen molar-refractivity contribution in [1.82, 2.24) is 19.9 Å². The third-order valence-electron chi connectivity index (χ3n) is 4.61. The quantitative estimate of drug-likeness (QED) is 0.748. The van der Waals surface area contributed by atoms with Gasteiger partial charge in [-0.05, 0) is 49.6 Å². The second-order valence-electron chi connectivity index (χ2n) is 6.19. The molecule has 1 amide bonds. The molecule has 2 aromatic heterocycles. The molecule has 0 bridgehead atoms. The Morgan fingerprint density at radius 2 is 2.21 bits per heavy atom. The zero-order valence-corrected chi connectivity index (χ0v) is 13.5. The summed E-state index contributed by atoms with van der Waals surface area (Å²) in [6.45, 7) is 4.39. The number of amides is 1. The number of rotatable bonds is 1. The van der Waals surface area contributed by atoms with E-state index in [1.54, 1.807) is 24.4 Å². The van der Waals surface area contributed by atoms with E-state index in [2.05, 4.69) is 15.0 Å². The summed E-state index contributed by atoms with van der Waals surface area (Å²) in [6, 6.07) is 6.48. The highest BCUT2D eigenvalue weighted by Crippen LogP contribution is 2.31. The molecule has 5 nitrogen and oxygen atoms in total. The Labute approximate surface area is 138 Å². The average molecular weight is 324 g/mol. The lowest BCUT2D eigenvalue weighted by atomic mass is 9.93. The number of hydrogen-bond donors (Lipinski definition) is 1. The van der Waals surface area contributed by atoms with Crippen molar-refractivity contribution in [3.8, 4) is 0 Å². The van der Waals surface area contributed by atoms with Gasteiger partial charge in [-0.1, -0.05) is 6.07 Å². The molecule has 3 heterocycles. The number of aryl methyl sites for hydroxylation is 1. The van der Waals surface area contributed by atoms with Crippen LogP contribution < -0.4 is 0 Å². The first kappa shape index (κ1) is 14.8. The van der Waals surface area contributed by atoms with E-state index < -0.39 is 0 Å². The molecule has 1 aliphatic heterocycles. The Hall–Kier alpha value is -2.76. The summed E-state index contributed by atoms with van der Waals surface area (Å²) in [5.74, 6) is 0.466. The van der Waals surface area contributed by atoms with Crippen LogP contribution in [-0.4, -0.2) is 32.3 Å². The van der Waals surface area contributed by atoms with E-state index >= 15 is 0 Å². The molecule has 0 spiro atoms. The number of pyridine rings is 1. The van der Waals surface area contributed by atoms with Gasteiger partial charge in [0.25, 0.3) is 5.91 Å². The Morgan fingerprint density at radius 3 is 3.04 bits per heavy atom. The standard InChI is InChI=1S/C18H17FN4O/c1-10-15-4-3-14(19)7-12(15)5-6-23(10)18(24)13-8-16-17(20-9-13)22-11(2)21-16/h3-4,7-10H,5-6H2,1-2H3,(H,20,21,22)/t10-/m0/s1. The maximum Gasteiger partial charge on any atom is 0.256 e. The van der Waals surface area contributed by atoms with Crippen molar-refractivity contribution in [3.05, 3.63) is 58.8 Å². The molecule has 6 heteroatoms. The second kappa shape index (κ2) is 5.40. The van der Waals surface area contributed by atoms with Crippen LogP contribution in [0.3, 0.4) is 0 Å². The van der Waals surface area contributed by atoms with Gasteiger partial charge in [-0.25, -0.2) is 14.4 Å². The van der Waals surface area contributed by atoms with Crippen molar-refractivity contribution < 1.29 is 9.18 Å². The highest BCUT2D eigenvalue weighted by atomic mass is 19.1. The van der Waals surface area contributed by atoms with Gasteiger partial charge in [0.2, 0.25) is 0 Å². The molecule has 0 aliphatic carbocycles. The monoisotopic (exact) mass is 324 g/mol. The number of fused-ring (bicyclic) bond motifs is 2. The van der Waals surface area contributed by atoms with Gasteiger partial charge in [0.05, 0.1) is 17.1 Å². The van der Waals surface area contributed by atoms with Gasteiger partial charge in [-0.2, -0.15) is 0 Å². The fourth-order valence-electron chi connectivity index (χ4n) is 3.38. The van der Waals surface area contributed by atoms with Gasteiger partial charge in [-0.15, -0.1) is 0 Å². The maximum absolute atomic E-state index is 13.4. The number of halogens is 1. The molecular weight excluding hydrogens is 307 g/mol. The topological polar surface area (TPSA) is 61.9 Å². The molecule has 0 unspecified atom stereocenters. The van der Waals surface area contributed by atoms with Crippen molar-refractivity contribution in [2.45, 2.75) is 26.3 Å². The van der Waals surface area contributed by atoms with Gasteiger partial charge in [0, 0.05) is 12.7 Å². The molecule has 1 aliphatic rings. The third-order valence-corrected chi connectivity index (χ3v) is 4.61. The first-order valence-electron chi connectivity index (χ1n) is 7.94. The smallest absolute Gasteiger partial charge is 0.256 e. The summed E-state index contributed by atoms with van der Waals surface area (Å²) >= 11 is 0. The number of carbonyl (C=O) groups is 1. The lowest BCUT2D eigenvalue weighted by Gasteiger charge is -2.35. The highest BCUT2D eigenvalue weighted by molar-refractivity contribution is 5.96. The summed E-state index contributed by atoms with van der Waals surface area (Å²) < 4.78 is 13.4. The largest absolute Gasteiger partial charge is 0.341 e. The van der Waals surface area contributed by atoms with E-state index in [9.17, 15) is 9.18 Å². The van der Waals surface area contributed by atoms with Crippen molar-refractivity contribution in [2.75, 3.05) is 6.54 Å². The zero-order chi connectivity index (χ0) is 16.8. The summed E-state index contributed by atoms with van der Waals surface area (Å²) in [6.07, 6.45) is 2.22. The number of aromatic amines is 1. The van der Waals surface area contributed by atoms with Crippen molar-refractivity contribution in [3.63, 3.8) is 0 Å². The normalized spacial score (nSPS) is 17.1. The number of H-pyrrole nitrogens is 1. The summed E-state index contributed by atoms with van der Waals surface area (Å²) in [5.41, 5.74) is 3.87. The first-order chi connectivity index (χ1) is 11.5. The summed E-state index contributed by atoms with van der Waals surface area (Å²) in [7, 11) is 0. The molecule has 1 N–H and O–H groups in total. The van der Waals surface area contributed by atoms with E-state index in [-0.39, 0.29) is 17.8 Å². The molecule has 1 aromatic carbocycles. The maximum atomic E-state index is 13.4. The highest BCUT2D eigenvalue weighted by Gasteiger charge is 2.28. The van der Waals surface area contributed by atoms with Crippen molar-refractivity contribution in [2.24, 2.45) is 0 Å². The number of nitrogens with one attached hydrogen (secondary N) is 1. The van der Waals surface area contributed by atoms with Crippen LogP contribution in [0.2, 0.25) is 0 Å². The van der Waals surface area contributed by atoms with Gasteiger partial charge in [-0.3, -0.25) is 4.79 Å². The summed E-state index contributed by atoms with van der Waals surface area (Å²) in [5, 5.41) is 0. The van der Waals surface area contributed by atoms with E-state index in [4.69, 9.17) is 0 Å². The Bertz CT molecular complexity index is 949. The predicted molar refractivity (Wildman–Crippen MR) is 88.2 cm³/mol. The Balaban J connectivity index is 1.67.